The minimum absolute atomic E-state index is 0.0258. The van der Waals surface area contributed by atoms with E-state index in [1.165, 1.54) is 34.7 Å². The second-order valence-electron chi connectivity index (χ2n) is 8.10. The van der Waals surface area contributed by atoms with Gasteiger partial charge in [0.2, 0.25) is 11.3 Å². The zero-order valence-corrected chi connectivity index (χ0v) is 22.4. The molecule has 1 unspecified atom stereocenters. The Kier molecular flexibility index (Phi) is 9.36. The number of rotatable bonds is 10. The van der Waals surface area contributed by atoms with Crippen LogP contribution in [0.5, 0.6) is 5.75 Å². The van der Waals surface area contributed by atoms with Gasteiger partial charge in [-0.05, 0) is 55.0 Å². The maximum Gasteiger partial charge on any atom is 0.289 e. The number of benzene rings is 2. The molecule has 0 fully saturated rings. The third kappa shape index (κ3) is 7.04. The number of ether oxygens (including phenoxy) is 1. The Hall–Kier alpha value is -4.04. The van der Waals surface area contributed by atoms with E-state index in [1.54, 1.807) is 32.2 Å². The third-order valence-electron chi connectivity index (χ3n) is 5.25. The number of nitro benzene ring substituents is 1. The van der Waals surface area contributed by atoms with E-state index in [9.17, 15) is 24.5 Å². The zero-order valence-electron chi connectivity index (χ0n) is 20.9. The molecule has 0 aliphatic heterocycles. The van der Waals surface area contributed by atoms with Gasteiger partial charge in [-0.1, -0.05) is 17.7 Å². The number of nitro groups is 1. The van der Waals surface area contributed by atoms with E-state index in [0.717, 1.165) is 17.3 Å². The molecule has 0 radical (unpaired) electrons. The lowest BCUT2D eigenvalue weighted by molar-refractivity contribution is -0.385. The number of carbonyl (C=O) groups excluding carboxylic acids is 3. The van der Waals surface area contributed by atoms with E-state index in [0.29, 0.717) is 5.69 Å². The summed E-state index contributed by atoms with van der Waals surface area (Å²) in [5, 5.41) is 25.1. The lowest BCUT2D eigenvalue weighted by Crippen LogP contribution is -2.39. The second kappa shape index (κ2) is 12.5. The number of halogens is 1. The van der Waals surface area contributed by atoms with Crippen molar-refractivity contribution in [1.29, 1.82) is 0 Å². The number of ketones is 1. The molecule has 38 heavy (non-hydrogen) atoms. The van der Waals surface area contributed by atoms with Gasteiger partial charge in [-0.3, -0.25) is 24.5 Å². The number of aryl methyl sites for hydroxylation is 2. The highest BCUT2D eigenvalue weighted by Crippen LogP contribution is 2.29. The molecule has 13 nitrogen and oxygen atoms in total. The number of non-ortho nitro benzene ring substituents is 1. The first-order valence-corrected chi connectivity index (χ1v) is 12.4. The van der Waals surface area contributed by atoms with Crippen LogP contribution < -0.4 is 10.1 Å². The van der Waals surface area contributed by atoms with E-state index >= 15 is 0 Å². The number of Topliss-reactive ketones (excluding diaryl/α,β-unsaturated/α-hetero) is 1. The van der Waals surface area contributed by atoms with Crippen LogP contribution in [-0.4, -0.2) is 59.6 Å². The van der Waals surface area contributed by atoms with Crippen molar-refractivity contribution in [2.45, 2.75) is 38.6 Å². The summed E-state index contributed by atoms with van der Waals surface area (Å²) in [5.41, 5.74) is 1.10. The number of tetrazole rings is 1. The summed E-state index contributed by atoms with van der Waals surface area (Å²) in [6, 6.07) is 8.71. The van der Waals surface area contributed by atoms with Crippen molar-refractivity contribution in [3.63, 3.8) is 0 Å². The molecule has 2 amide bonds. The van der Waals surface area contributed by atoms with Crippen LogP contribution in [-0.2, 0) is 23.2 Å². The maximum atomic E-state index is 13.0. The molecule has 0 bridgehead atoms. The average molecular weight is 562 g/mol. The summed E-state index contributed by atoms with van der Waals surface area (Å²) < 4.78 is 7.12. The Labute approximate surface area is 226 Å². The Balaban J connectivity index is 1.88. The second-order valence-corrected chi connectivity index (χ2v) is 9.42. The highest BCUT2D eigenvalue weighted by atomic mass is 35.5. The summed E-state index contributed by atoms with van der Waals surface area (Å²) in [7, 11) is 1.58. The Bertz CT molecular complexity index is 1380. The quantitative estimate of drug-likeness (QED) is 0.167. The maximum absolute atomic E-state index is 13.0. The molecule has 0 aliphatic carbocycles. The largest absolute Gasteiger partial charge is 0.472 e. The Morgan fingerprint density at radius 1 is 1.26 bits per heavy atom. The molecule has 1 aromatic heterocycles. The molecule has 15 heteroatoms. The first-order valence-electron chi connectivity index (χ1n) is 11.2. The normalized spacial score (nSPS) is 11.5. The van der Waals surface area contributed by atoms with Crippen LogP contribution in [0.4, 0.5) is 16.2 Å². The number of anilines is 1. The fourth-order valence-corrected chi connectivity index (χ4v) is 4.15. The number of nitrogens with one attached hydrogen (secondary N) is 1. The fraction of sp³-hybridized carbons (Fsp3) is 0.304. The molecule has 0 saturated heterocycles. The van der Waals surface area contributed by atoms with E-state index < -0.39 is 28.0 Å². The van der Waals surface area contributed by atoms with E-state index in [1.807, 2.05) is 6.92 Å². The first-order chi connectivity index (χ1) is 18.0. The minimum Gasteiger partial charge on any atom is -0.472 e. The van der Waals surface area contributed by atoms with Gasteiger partial charge in [0.25, 0.3) is 16.8 Å². The number of amides is 2. The number of thioether (sulfide) groups is 1. The molecule has 1 N–H and O–H groups in total. The molecule has 1 atom stereocenters. The van der Waals surface area contributed by atoms with Crippen LogP contribution >= 0.6 is 23.4 Å². The van der Waals surface area contributed by atoms with Gasteiger partial charge in [0, 0.05) is 43.1 Å². The standard InChI is InChI=1S/C23H24ClN7O6S/c1-5-30(23(34)38-22-26-27-28-29(22)4)12-15-11-16(31(35)36)7-9-19(15)37-20(14(3)32)21(33)25-18-10-13(2)6-8-17(18)24/h6-11,20H,5,12H2,1-4H3,(H,25,33). The number of aromatic nitrogens is 4. The topological polar surface area (TPSA) is 162 Å². The molecule has 0 aliphatic rings. The lowest BCUT2D eigenvalue weighted by atomic mass is 10.1. The molecule has 3 rings (SSSR count). The lowest BCUT2D eigenvalue weighted by Gasteiger charge is -2.23. The van der Waals surface area contributed by atoms with E-state index in [-0.39, 0.29) is 40.3 Å². The van der Waals surface area contributed by atoms with Gasteiger partial charge in [0.1, 0.15) is 5.75 Å². The van der Waals surface area contributed by atoms with Crippen LogP contribution in [0.3, 0.4) is 0 Å². The van der Waals surface area contributed by atoms with Crippen LogP contribution in [0.25, 0.3) is 0 Å². The molecular formula is C23H24ClN7O6S. The molecular weight excluding hydrogens is 538 g/mol. The van der Waals surface area contributed by atoms with Crippen LogP contribution in [0.1, 0.15) is 25.0 Å². The van der Waals surface area contributed by atoms with Gasteiger partial charge in [-0.15, -0.1) is 5.10 Å². The van der Waals surface area contributed by atoms with Gasteiger partial charge in [-0.25, -0.2) is 4.68 Å². The van der Waals surface area contributed by atoms with Crippen molar-refractivity contribution >= 4 is 51.7 Å². The number of carbonyl (C=O) groups is 3. The molecule has 0 spiro atoms. The van der Waals surface area contributed by atoms with E-state index in [2.05, 4.69) is 20.8 Å². The van der Waals surface area contributed by atoms with Crippen molar-refractivity contribution in [2.75, 3.05) is 11.9 Å². The average Bonchev–Trinajstić information content (AvgIpc) is 3.27. The Morgan fingerprint density at radius 3 is 2.61 bits per heavy atom. The number of nitrogens with zero attached hydrogens (tertiary/aromatic N) is 6. The van der Waals surface area contributed by atoms with Gasteiger partial charge < -0.3 is 15.0 Å². The summed E-state index contributed by atoms with van der Waals surface area (Å²) in [4.78, 5) is 50.5. The van der Waals surface area contributed by atoms with Crippen LogP contribution in [0, 0.1) is 17.0 Å². The van der Waals surface area contributed by atoms with Crippen molar-refractivity contribution in [3.8, 4) is 5.75 Å². The SMILES string of the molecule is CCN(Cc1cc([N+](=O)[O-])ccc1OC(C(C)=O)C(=O)Nc1cc(C)ccc1Cl)C(=O)Sc1nnnn1C. The molecule has 0 saturated carbocycles. The number of hydrogen-bond acceptors (Lipinski definition) is 10. The van der Waals surface area contributed by atoms with Crippen LogP contribution in [0.2, 0.25) is 5.02 Å². The van der Waals surface area contributed by atoms with Gasteiger partial charge in [0.05, 0.1) is 22.2 Å². The highest BCUT2D eigenvalue weighted by Gasteiger charge is 2.28. The summed E-state index contributed by atoms with van der Waals surface area (Å²) in [6.07, 6.45) is -1.59. The van der Waals surface area contributed by atoms with Crippen molar-refractivity contribution in [3.05, 3.63) is 62.7 Å². The summed E-state index contributed by atoms with van der Waals surface area (Å²) in [6.45, 7) is 4.85. The van der Waals surface area contributed by atoms with Gasteiger partial charge in [0.15, 0.2) is 5.78 Å². The molecule has 1 heterocycles. The third-order valence-corrected chi connectivity index (χ3v) is 6.54. The summed E-state index contributed by atoms with van der Waals surface area (Å²) >= 11 is 6.94. The van der Waals surface area contributed by atoms with Crippen LogP contribution in [0.15, 0.2) is 41.6 Å². The first kappa shape index (κ1) is 28.5. The van der Waals surface area contributed by atoms with Gasteiger partial charge >= 0.3 is 0 Å². The smallest absolute Gasteiger partial charge is 0.289 e. The monoisotopic (exact) mass is 561 g/mol. The molecule has 3 aromatic rings. The van der Waals surface area contributed by atoms with Crippen molar-refractivity contribution in [2.24, 2.45) is 7.05 Å². The predicted octanol–water partition coefficient (Wildman–Crippen LogP) is 3.79. The van der Waals surface area contributed by atoms with Gasteiger partial charge in [-0.2, -0.15) is 0 Å². The predicted molar refractivity (Wildman–Crippen MR) is 139 cm³/mol. The highest BCUT2D eigenvalue weighted by molar-refractivity contribution is 8.13. The van der Waals surface area contributed by atoms with Crippen molar-refractivity contribution < 1.29 is 24.0 Å². The van der Waals surface area contributed by atoms with Crippen molar-refractivity contribution in [1.82, 2.24) is 25.1 Å². The molecule has 200 valence electrons. The fourth-order valence-electron chi connectivity index (χ4n) is 3.26. The summed E-state index contributed by atoms with van der Waals surface area (Å²) in [5.74, 6) is -1.36. The van der Waals surface area contributed by atoms with E-state index in [4.69, 9.17) is 16.3 Å². The Morgan fingerprint density at radius 2 is 2.00 bits per heavy atom. The number of hydrogen-bond donors (Lipinski definition) is 1. The minimum atomic E-state index is -1.59. The zero-order chi connectivity index (χ0) is 28.0. The molecule has 2 aromatic carbocycles.